The van der Waals surface area contributed by atoms with E-state index in [4.69, 9.17) is 4.74 Å². The van der Waals surface area contributed by atoms with Crippen LogP contribution in [0.3, 0.4) is 0 Å². The molecular formula is C22H22N2O2. The van der Waals surface area contributed by atoms with E-state index < -0.39 is 0 Å². The lowest BCUT2D eigenvalue weighted by atomic mass is 10.1. The van der Waals surface area contributed by atoms with Crippen LogP contribution < -0.4 is 4.74 Å². The molecule has 3 aromatic rings. The lowest BCUT2D eigenvalue weighted by Crippen LogP contribution is -2.36. The van der Waals surface area contributed by atoms with Gasteiger partial charge in [-0.05, 0) is 43.7 Å². The Morgan fingerprint density at radius 2 is 1.77 bits per heavy atom. The summed E-state index contributed by atoms with van der Waals surface area (Å²) < 4.78 is 5.75. The number of carbonyl (C=O) groups is 1. The third-order valence-corrected chi connectivity index (χ3v) is 4.02. The molecule has 4 heteroatoms. The van der Waals surface area contributed by atoms with Crippen LogP contribution >= 0.6 is 0 Å². The SMILES string of the molecule is CC(C)N(Cc1ccccc1)C(=O)c1cccc(Oc2ccccn2)c1. The topological polar surface area (TPSA) is 42.4 Å². The standard InChI is InChI=1S/C22H22N2O2/c1-17(2)24(16-18-9-4-3-5-10-18)22(25)19-11-8-12-20(15-19)26-21-13-6-7-14-23-21/h3-15,17H,16H2,1-2H3. The number of benzene rings is 2. The van der Waals surface area contributed by atoms with Crippen molar-refractivity contribution in [2.75, 3.05) is 0 Å². The summed E-state index contributed by atoms with van der Waals surface area (Å²) in [4.78, 5) is 19.1. The number of hydrogen-bond acceptors (Lipinski definition) is 3. The van der Waals surface area contributed by atoms with Gasteiger partial charge in [0.05, 0.1) is 0 Å². The molecular weight excluding hydrogens is 324 g/mol. The number of aromatic nitrogens is 1. The van der Waals surface area contributed by atoms with E-state index in [1.807, 2.05) is 79.4 Å². The van der Waals surface area contributed by atoms with Gasteiger partial charge in [-0.15, -0.1) is 0 Å². The quantitative estimate of drug-likeness (QED) is 0.636. The average Bonchev–Trinajstić information content (AvgIpc) is 2.67. The summed E-state index contributed by atoms with van der Waals surface area (Å²) >= 11 is 0. The van der Waals surface area contributed by atoms with Gasteiger partial charge >= 0.3 is 0 Å². The summed E-state index contributed by atoms with van der Waals surface area (Å²) in [5.74, 6) is 1.08. The summed E-state index contributed by atoms with van der Waals surface area (Å²) in [6, 6.07) is 22.8. The number of hydrogen-bond donors (Lipinski definition) is 0. The Labute approximate surface area is 154 Å². The normalized spacial score (nSPS) is 10.6. The smallest absolute Gasteiger partial charge is 0.254 e. The van der Waals surface area contributed by atoms with Crippen LogP contribution in [0.15, 0.2) is 79.0 Å². The maximum atomic E-state index is 13.1. The van der Waals surface area contributed by atoms with Crippen molar-refractivity contribution in [2.45, 2.75) is 26.4 Å². The average molecular weight is 346 g/mol. The predicted octanol–water partition coefficient (Wildman–Crippen LogP) is 4.92. The second-order valence-corrected chi connectivity index (χ2v) is 6.31. The van der Waals surface area contributed by atoms with Crippen LogP contribution in [0.5, 0.6) is 11.6 Å². The Morgan fingerprint density at radius 3 is 2.46 bits per heavy atom. The molecule has 1 heterocycles. The molecule has 0 aliphatic heterocycles. The van der Waals surface area contributed by atoms with E-state index in [-0.39, 0.29) is 11.9 Å². The molecule has 0 bridgehead atoms. The van der Waals surface area contributed by atoms with Crippen molar-refractivity contribution in [3.63, 3.8) is 0 Å². The number of carbonyl (C=O) groups excluding carboxylic acids is 1. The Kier molecular flexibility index (Phi) is 5.64. The third kappa shape index (κ3) is 4.48. The van der Waals surface area contributed by atoms with E-state index in [2.05, 4.69) is 4.98 Å². The Hall–Kier alpha value is -3.14. The number of amides is 1. The molecule has 0 N–H and O–H groups in total. The molecule has 0 spiro atoms. The third-order valence-electron chi connectivity index (χ3n) is 4.02. The molecule has 4 nitrogen and oxygen atoms in total. The molecule has 0 saturated heterocycles. The first-order valence-electron chi connectivity index (χ1n) is 8.67. The van der Waals surface area contributed by atoms with Gasteiger partial charge < -0.3 is 9.64 Å². The van der Waals surface area contributed by atoms with Crippen LogP contribution in [-0.4, -0.2) is 21.8 Å². The number of rotatable bonds is 6. The van der Waals surface area contributed by atoms with Crippen LogP contribution in [0.4, 0.5) is 0 Å². The largest absolute Gasteiger partial charge is 0.439 e. The zero-order chi connectivity index (χ0) is 18.4. The molecule has 0 atom stereocenters. The van der Waals surface area contributed by atoms with E-state index in [0.29, 0.717) is 23.7 Å². The minimum atomic E-state index is -0.0182. The molecule has 2 aromatic carbocycles. The van der Waals surface area contributed by atoms with E-state index >= 15 is 0 Å². The van der Waals surface area contributed by atoms with E-state index in [1.165, 1.54) is 0 Å². The lowest BCUT2D eigenvalue weighted by molar-refractivity contribution is 0.0690. The van der Waals surface area contributed by atoms with Gasteiger partial charge in [-0.1, -0.05) is 42.5 Å². The van der Waals surface area contributed by atoms with E-state index in [0.717, 1.165) is 5.56 Å². The number of nitrogens with zero attached hydrogens (tertiary/aromatic N) is 2. The molecule has 1 amide bonds. The minimum Gasteiger partial charge on any atom is -0.439 e. The minimum absolute atomic E-state index is 0.0182. The fourth-order valence-corrected chi connectivity index (χ4v) is 2.66. The first kappa shape index (κ1) is 17.7. The summed E-state index contributed by atoms with van der Waals surface area (Å²) in [5.41, 5.74) is 1.71. The predicted molar refractivity (Wildman–Crippen MR) is 102 cm³/mol. The highest BCUT2D eigenvalue weighted by Gasteiger charge is 2.19. The fourth-order valence-electron chi connectivity index (χ4n) is 2.66. The van der Waals surface area contributed by atoms with Gasteiger partial charge in [-0.3, -0.25) is 4.79 Å². The molecule has 3 rings (SSSR count). The summed E-state index contributed by atoms with van der Waals surface area (Å²) in [6.45, 7) is 4.62. The van der Waals surface area contributed by atoms with Crippen molar-refractivity contribution in [3.05, 3.63) is 90.1 Å². The Balaban J connectivity index is 1.79. The first-order chi connectivity index (χ1) is 12.6. The number of ether oxygens (including phenoxy) is 1. The van der Waals surface area contributed by atoms with Gasteiger partial charge in [-0.2, -0.15) is 0 Å². The molecule has 0 aliphatic rings. The van der Waals surface area contributed by atoms with E-state index in [9.17, 15) is 4.79 Å². The van der Waals surface area contributed by atoms with Crippen LogP contribution in [-0.2, 0) is 6.54 Å². The Morgan fingerprint density at radius 1 is 1.00 bits per heavy atom. The van der Waals surface area contributed by atoms with Crippen molar-refractivity contribution < 1.29 is 9.53 Å². The Bertz CT molecular complexity index is 848. The van der Waals surface area contributed by atoms with Gasteiger partial charge in [0.2, 0.25) is 5.88 Å². The molecule has 26 heavy (non-hydrogen) atoms. The summed E-state index contributed by atoms with van der Waals surface area (Å²) in [7, 11) is 0. The van der Waals surface area contributed by atoms with Gasteiger partial charge in [0, 0.05) is 30.4 Å². The van der Waals surface area contributed by atoms with Crippen LogP contribution in [0, 0.1) is 0 Å². The highest BCUT2D eigenvalue weighted by Crippen LogP contribution is 2.22. The maximum Gasteiger partial charge on any atom is 0.254 e. The second-order valence-electron chi connectivity index (χ2n) is 6.31. The van der Waals surface area contributed by atoms with Crippen molar-refractivity contribution >= 4 is 5.91 Å². The molecule has 1 aromatic heterocycles. The molecule has 0 fully saturated rings. The van der Waals surface area contributed by atoms with Gasteiger partial charge in [0.15, 0.2) is 0 Å². The van der Waals surface area contributed by atoms with Gasteiger partial charge in [0.1, 0.15) is 5.75 Å². The molecule has 132 valence electrons. The highest BCUT2D eigenvalue weighted by molar-refractivity contribution is 5.94. The zero-order valence-corrected chi connectivity index (χ0v) is 15.0. The van der Waals surface area contributed by atoms with Gasteiger partial charge in [0.25, 0.3) is 5.91 Å². The van der Waals surface area contributed by atoms with Crippen molar-refractivity contribution in [1.82, 2.24) is 9.88 Å². The van der Waals surface area contributed by atoms with E-state index in [1.54, 1.807) is 18.3 Å². The van der Waals surface area contributed by atoms with Crippen LogP contribution in [0.2, 0.25) is 0 Å². The van der Waals surface area contributed by atoms with Crippen LogP contribution in [0.25, 0.3) is 0 Å². The summed E-state index contributed by atoms with van der Waals surface area (Å²) in [6.07, 6.45) is 1.67. The van der Waals surface area contributed by atoms with Crippen molar-refractivity contribution in [2.24, 2.45) is 0 Å². The number of pyridine rings is 1. The molecule has 0 aliphatic carbocycles. The lowest BCUT2D eigenvalue weighted by Gasteiger charge is -2.27. The summed E-state index contributed by atoms with van der Waals surface area (Å²) in [5, 5.41) is 0. The van der Waals surface area contributed by atoms with Gasteiger partial charge in [-0.25, -0.2) is 4.98 Å². The maximum absolute atomic E-state index is 13.1. The zero-order valence-electron chi connectivity index (χ0n) is 15.0. The van der Waals surface area contributed by atoms with Crippen molar-refractivity contribution in [3.8, 4) is 11.6 Å². The molecule has 0 unspecified atom stereocenters. The second kappa shape index (κ2) is 8.30. The molecule has 0 radical (unpaired) electrons. The fraction of sp³-hybridized carbons (Fsp3) is 0.182. The molecule has 0 saturated carbocycles. The van der Waals surface area contributed by atoms with Crippen LogP contribution in [0.1, 0.15) is 29.8 Å². The first-order valence-corrected chi connectivity index (χ1v) is 8.67. The highest BCUT2D eigenvalue weighted by atomic mass is 16.5. The van der Waals surface area contributed by atoms with Crippen molar-refractivity contribution in [1.29, 1.82) is 0 Å². The monoisotopic (exact) mass is 346 g/mol.